The quantitative estimate of drug-likeness (QED) is 0.814. The number of carboxylic acid groups (broad SMARTS) is 1. The van der Waals surface area contributed by atoms with Crippen LogP contribution in [0.4, 0.5) is 0 Å². The summed E-state index contributed by atoms with van der Waals surface area (Å²) in [6.07, 6.45) is 4.12. The normalized spacial score (nSPS) is 24.2. The fraction of sp³-hybridized carbons (Fsp3) is 0.846. The molecule has 2 aliphatic heterocycles. The van der Waals surface area contributed by atoms with Crippen molar-refractivity contribution in [3.05, 3.63) is 0 Å². The Kier molecular flexibility index (Phi) is 3.90. The van der Waals surface area contributed by atoms with Gasteiger partial charge in [-0.25, -0.2) is 0 Å². The van der Waals surface area contributed by atoms with E-state index in [0.29, 0.717) is 13.1 Å². The van der Waals surface area contributed by atoms with E-state index in [1.165, 1.54) is 0 Å². The number of carboxylic acids is 1. The van der Waals surface area contributed by atoms with E-state index in [1.807, 2.05) is 4.90 Å². The zero-order chi connectivity index (χ0) is 13.2. The van der Waals surface area contributed by atoms with Gasteiger partial charge >= 0.3 is 5.97 Å². The second-order valence-corrected chi connectivity index (χ2v) is 5.50. The lowest BCUT2D eigenvalue weighted by Crippen LogP contribution is -2.56. The first-order valence-electron chi connectivity index (χ1n) is 6.76. The van der Waals surface area contributed by atoms with Crippen LogP contribution in [0.2, 0.25) is 0 Å². The average molecular weight is 254 g/mol. The van der Waals surface area contributed by atoms with Crippen LogP contribution in [-0.2, 0) is 9.59 Å². The van der Waals surface area contributed by atoms with Crippen molar-refractivity contribution in [3.63, 3.8) is 0 Å². The van der Waals surface area contributed by atoms with Gasteiger partial charge in [-0.05, 0) is 38.8 Å². The van der Waals surface area contributed by atoms with E-state index in [9.17, 15) is 9.59 Å². The summed E-state index contributed by atoms with van der Waals surface area (Å²) in [6, 6.07) is 0. The van der Waals surface area contributed by atoms with E-state index < -0.39 is 5.97 Å². The molecule has 0 saturated carbocycles. The van der Waals surface area contributed by atoms with E-state index in [4.69, 9.17) is 5.11 Å². The summed E-state index contributed by atoms with van der Waals surface area (Å²) in [5, 5.41) is 9.16. The van der Waals surface area contributed by atoms with Crippen molar-refractivity contribution < 1.29 is 14.7 Å². The number of nitrogens with zero attached hydrogens (tertiary/aromatic N) is 2. The molecule has 1 N–H and O–H groups in total. The minimum Gasteiger partial charge on any atom is -0.481 e. The minimum atomic E-state index is -0.724. The van der Waals surface area contributed by atoms with Crippen molar-refractivity contribution in [2.45, 2.75) is 44.6 Å². The first-order valence-corrected chi connectivity index (χ1v) is 6.76. The molecule has 18 heavy (non-hydrogen) atoms. The van der Waals surface area contributed by atoms with Crippen LogP contribution in [0.3, 0.4) is 0 Å². The second-order valence-electron chi connectivity index (χ2n) is 5.50. The summed E-state index contributed by atoms with van der Waals surface area (Å²) in [7, 11) is 0. The van der Waals surface area contributed by atoms with Crippen LogP contribution in [0.1, 0.15) is 39.0 Å². The molecule has 0 bridgehead atoms. The maximum absolute atomic E-state index is 11.3. The van der Waals surface area contributed by atoms with Crippen LogP contribution < -0.4 is 0 Å². The summed E-state index contributed by atoms with van der Waals surface area (Å²) in [5.74, 6) is -0.626. The highest BCUT2D eigenvalue weighted by Gasteiger charge is 2.42. The van der Waals surface area contributed by atoms with E-state index in [-0.39, 0.29) is 17.9 Å². The smallest absolute Gasteiger partial charge is 0.305 e. The summed E-state index contributed by atoms with van der Waals surface area (Å²) in [5.41, 5.74) is -0.214. The first-order chi connectivity index (χ1) is 8.53. The molecule has 2 heterocycles. The molecule has 1 amide bonds. The standard InChI is InChI=1S/C13H22N2O3/c1-11(16)14-8-4-13(5-9-14,10-12(17)18)15-6-2-3-7-15/h2-10H2,1H3,(H,17,18). The lowest BCUT2D eigenvalue weighted by molar-refractivity contribution is -0.142. The van der Waals surface area contributed by atoms with Gasteiger partial charge in [0.2, 0.25) is 5.91 Å². The molecule has 2 rings (SSSR count). The highest BCUT2D eigenvalue weighted by Crippen LogP contribution is 2.35. The fourth-order valence-electron chi connectivity index (χ4n) is 3.32. The number of aliphatic carboxylic acids is 1. The second kappa shape index (κ2) is 5.26. The fourth-order valence-corrected chi connectivity index (χ4v) is 3.32. The van der Waals surface area contributed by atoms with Gasteiger partial charge in [0.05, 0.1) is 6.42 Å². The molecule has 102 valence electrons. The highest BCUT2D eigenvalue weighted by molar-refractivity contribution is 5.73. The summed E-state index contributed by atoms with van der Waals surface area (Å²) < 4.78 is 0. The molecule has 0 radical (unpaired) electrons. The van der Waals surface area contributed by atoms with Gasteiger partial charge < -0.3 is 10.0 Å². The maximum atomic E-state index is 11.3. The van der Waals surface area contributed by atoms with E-state index in [0.717, 1.165) is 38.8 Å². The number of amides is 1. The molecule has 0 atom stereocenters. The van der Waals surface area contributed by atoms with E-state index in [2.05, 4.69) is 4.90 Å². The Bertz CT molecular complexity index is 329. The predicted octanol–water partition coefficient (Wildman–Crippen LogP) is 0.938. The van der Waals surface area contributed by atoms with Crippen molar-refractivity contribution in [1.29, 1.82) is 0 Å². The summed E-state index contributed by atoms with van der Waals surface area (Å²) in [4.78, 5) is 26.7. The number of carbonyl (C=O) groups excluding carboxylic acids is 1. The minimum absolute atomic E-state index is 0.0975. The lowest BCUT2D eigenvalue weighted by atomic mass is 9.82. The van der Waals surface area contributed by atoms with Gasteiger partial charge in [0.25, 0.3) is 0 Å². The molecule has 0 spiro atoms. The summed E-state index contributed by atoms with van der Waals surface area (Å²) in [6.45, 7) is 4.99. The van der Waals surface area contributed by atoms with Crippen LogP contribution in [0.5, 0.6) is 0 Å². The Morgan fingerprint density at radius 1 is 1.11 bits per heavy atom. The molecule has 2 fully saturated rings. The Morgan fingerprint density at radius 2 is 1.67 bits per heavy atom. The van der Waals surface area contributed by atoms with Crippen molar-refractivity contribution in [3.8, 4) is 0 Å². The molecule has 0 aromatic heterocycles. The molecule has 5 nitrogen and oxygen atoms in total. The maximum Gasteiger partial charge on any atom is 0.305 e. The third kappa shape index (κ3) is 2.66. The molecular formula is C13H22N2O3. The molecule has 2 aliphatic rings. The first kappa shape index (κ1) is 13.3. The zero-order valence-corrected chi connectivity index (χ0v) is 11.0. The van der Waals surface area contributed by atoms with Gasteiger partial charge in [-0.1, -0.05) is 0 Å². The van der Waals surface area contributed by atoms with Crippen LogP contribution in [0, 0.1) is 0 Å². The number of likely N-dealkylation sites (tertiary alicyclic amines) is 2. The van der Waals surface area contributed by atoms with Gasteiger partial charge in [0.15, 0.2) is 0 Å². The third-order valence-electron chi connectivity index (χ3n) is 4.40. The van der Waals surface area contributed by atoms with Gasteiger partial charge in [-0.2, -0.15) is 0 Å². The van der Waals surface area contributed by atoms with E-state index in [1.54, 1.807) is 6.92 Å². The monoisotopic (exact) mass is 254 g/mol. The number of piperidine rings is 1. The van der Waals surface area contributed by atoms with Crippen molar-refractivity contribution in [1.82, 2.24) is 9.80 Å². The summed E-state index contributed by atoms with van der Waals surface area (Å²) >= 11 is 0. The molecule has 0 aliphatic carbocycles. The molecule has 0 aromatic rings. The van der Waals surface area contributed by atoms with Crippen molar-refractivity contribution >= 4 is 11.9 Å². The number of carbonyl (C=O) groups is 2. The Morgan fingerprint density at radius 3 is 2.11 bits per heavy atom. The molecule has 2 saturated heterocycles. The van der Waals surface area contributed by atoms with Crippen LogP contribution in [0.15, 0.2) is 0 Å². The van der Waals surface area contributed by atoms with Gasteiger partial charge in [-0.3, -0.25) is 14.5 Å². The van der Waals surface area contributed by atoms with Gasteiger partial charge in [0.1, 0.15) is 0 Å². The number of hydrogen-bond acceptors (Lipinski definition) is 3. The SMILES string of the molecule is CC(=O)N1CCC(CC(=O)O)(N2CCCC2)CC1. The van der Waals surface area contributed by atoms with Crippen molar-refractivity contribution in [2.75, 3.05) is 26.2 Å². The van der Waals surface area contributed by atoms with Crippen LogP contribution in [-0.4, -0.2) is 58.5 Å². The largest absolute Gasteiger partial charge is 0.481 e. The topological polar surface area (TPSA) is 60.9 Å². The average Bonchev–Trinajstić information content (AvgIpc) is 2.82. The number of rotatable bonds is 3. The number of hydrogen-bond donors (Lipinski definition) is 1. The van der Waals surface area contributed by atoms with Crippen LogP contribution >= 0.6 is 0 Å². The van der Waals surface area contributed by atoms with Gasteiger partial charge in [-0.15, -0.1) is 0 Å². The Labute approximate surface area is 108 Å². The third-order valence-corrected chi connectivity index (χ3v) is 4.40. The van der Waals surface area contributed by atoms with E-state index >= 15 is 0 Å². The molecule has 5 heteroatoms. The lowest BCUT2D eigenvalue weighted by Gasteiger charge is -2.46. The highest BCUT2D eigenvalue weighted by atomic mass is 16.4. The van der Waals surface area contributed by atoms with Crippen molar-refractivity contribution in [2.24, 2.45) is 0 Å². The molecule has 0 unspecified atom stereocenters. The predicted molar refractivity (Wildman–Crippen MR) is 67.3 cm³/mol. The van der Waals surface area contributed by atoms with Gasteiger partial charge in [0, 0.05) is 25.6 Å². The Balaban J connectivity index is 2.07. The zero-order valence-electron chi connectivity index (χ0n) is 11.0. The molecule has 0 aromatic carbocycles. The molecular weight excluding hydrogens is 232 g/mol. The Hall–Kier alpha value is -1.10. The van der Waals surface area contributed by atoms with Crippen LogP contribution in [0.25, 0.3) is 0 Å².